The average molecular weight is 217 g/mol. The highest BCUT2D eigenvalue weighted by Crippen LogP contribution is 2.13. The standard InChI is InChI=1S/C13H12FNO/c1-10-5-6-11(12(14)8-10)9-16-13-4-2-3-7-15-13/h2-8H,9H2,1H3. The molecule has 0 aliphatic rings. The molecule has 0 saturated carbocycles. The van der Waals surface area contributed by atoms with E-state index in [1.807, 2.05) is 19.1 Å². The van der Waals surface area contributed by atoms with Crippen LogP contribution in [0.1, 0.15) is 11.1 Å². The van der Waals surface area contributed by atoms with E-state index in [1.54, 1.807) is 24.4 Å². The Kier molecular flexibility index (Phi) is 3.15. The number of aryl methyl sites for hydroxylation is 1. The van der Waals surface area contributed by atoms with Crippen LogP contribution in [-0.4, -0.2) is 4.98 Å². The minimum Gasteiger partial charge on any atom is -0.473 e. The van der Waals surface area contributed by atoms with Gasteiger partial charge in [0.1, 0.15) is 12.4 Å². The molecule has 0 fully saturated rings. The molecule has 0 amide bonds. The molecule has 0 saturated heterocycles. The summed E-state index contributed by atoms with van der Waals surface area (Å²) in [6, 6.07) is 10.5. The number of rotatable bonds is 3. The number of pyridine rings is 1. The molecule has 82 valence electrons. The lowest BCUT2D eigenvalue weighted by molar-refractivity contribution is 0.288. The molecule has 16 heavy (non-hydrogen) atoms. The molecule has 0 N–H and O–H groups in total. The van der Waals surface area contributed by atoms with Gasteiger partial charge in [-0.2, -0.15) is 0 Å². The normalized spacial score (nSPS) is 10.1. The third-order valence-electron chi connectivity index (χ3n) is 2.22. The molecule has 2 aromatic rings. The molecule has 0 spiro atoms. The fourth-order valence-corrected chi connectivity index (χ4v) is 1.35. The summed E-state index contributed by atoms with van der Waals surface area (Å²) in [5.74, 6) is 0.262. The number of benzene rings is 1. The molecular formula is C13H12FNO. The van der Waals surface area contributed by atoms with Crippen LogP contribution in [-0.2, 0) is 6.61 Å². The third-order valence-corrected chi connectivity index (χ3v) is 2.22. The van der Waals surface area contributed by atoms with Gasteiger partial charge in [0.2, 0.25) is 5.88 Å². The topological polar surface area (TPSA) is 22.1 Å². The lowest BCUT2D eigenvalue weighted by Crippen LogP contribution is -1.99. The molecule has 0 aliphatic heterocycles. The summed E-state index contributed by atoms with van der Waals surface area (Å²) < 4.78 is 18.8. The van der Waals surface area contributed by atoms with E-state index in [9.17, 15) is 4.39 Å². The van der Waals surface area contributed by atoms with E-state index < -0.39 is 0 Å². The van der Waals surface area contributed by atoms with Crippen LogP contribution in [0.5, 0.6) is 5.88 Å². The van der Waals surface area contributed by atoms with Gasteiger partial charge in [-0.05, 0) is 24.6 Å². The minimum atomic E-state index is -0.240. The van der Waals surface area contributed by atoms with Crippen molar-refractivity contribution in [1.82, 2.24) is 4.98 Å². The maximum absolute atomic E-state index is 13.5. The Morgan fingerprint density at radius 3 is 2.81 bits per heavy atom. The van der Waals surface area contributed by atoms with Crippen LogP contribution in [0, 0.1) is 12.7 Å². The van der Waals surface area contributed by atoms with Crippen LogP contribution in [0.25, 0.3) is 0 Å². The van der Waals surface area contributed by atoms with Gasteiger partial charge in [-0.15, -0.1) is 0 Å². The van der Waals surface area contributed by atoms with Crippen molar-refractivity contribution in [2.24, 2.45) is 0 Å². The van der Waals surface area contributed by atoms with Gasteiger partial charge in [-0.3, -0.25) is 0 Å². The summed E-state index contributed by atoms with van der Waals surface area (Å²) in [7, 11) is 0. The number of hydrogen-bond acceptors (Lipinski definition) is 2. The van der Waals surface area contributed by atoms with E-state index in [-0.39, 0.29) is 12.4 Å². The van der Waals surface area contributed by atoms with Crippen LogP contribution in [0.2, 0.25) is 0 Å². The number of hydrogen-bond donors (Lipinski definition) is 0. The van der Waals surface area contributed by atoms with E-state index >= 15 is 0 Å². The summed E-state index contributed by atoms with van der Waals surface area (Å²) in [6.07, 6.45) is 1.64. The number of halogens is 1. The highest BCUT2D eigenvalue weighted by atomic mass is 19.1. The smallest absolute Gasteiger partial charge is 0.213 e. The van der Waals surface area contributed by atoms with Gasteiger partial charge in [0.25, 0.3) is 0 Å². The highest BCUT2D eigenvalue weighted by Gasteiger charge is 2.03. The maximum Gasteiger partial charge on any atom is 0.213 e. The number of ether oxygens (including phenoxy) is 1. The SMILES string of the molecule is Cc1ccc(COc2ccccn2)c(F)c1. The van der Waals surface area contributed by atoms with Crippen LogP contribution < -0.4 is 4.74 Å². The van der Waals surface area contributed by atoms with E-state index in [0.29, 0.717) is 11.4 Å². The largest absolute Gasteiger partial charge is 0.473 e. The first-order valence-corrected chi connectivity index (χ1v) is 5.04. The molecule has 0 radical (unpaired) electrons. The van der Waals surface area contributed by atoms with Crippen molar-refractivity contribution in [2.45, 2.75) is 13.5 Å². The molecule has 1 aromatic carbocycles. The first kappa shape index (κ1) is 10.6. The second-order valence-electron chi connectivity index (χ2n) is 3.55. The predicted molar refractivity (Wildman–Crippen MR) is 59.7 cm³/mol. The second kappa shape index (κ2) is 4.75. The summed E-state index contributed by atoms with van der Waals surface area (Å²) in [5, 5.41) is 0. The molecule has 0 atom stereocenters. The molecule has 3 heteroatoms. The molecule has 1 heterocycles. The quantitative estimate of drug-likeness (QED) is 0.788. The molecule has 0 aliphatic carbocycles. The van der Waals surface area contributed by atoms with Gasteiger partial charge in [0, 0.05) is 17.8 Å². The third kappa shape index (κ3) is 2.57. The van der Waals surface area contributed by atoms with Crippen molar-refractivity contribution in [3.8, 4) is 5.88 Å². The Labute approximate surface area is 93.7 Å². The van der Waals surface area contributed by atoms with Gasteiger partial charge < -0.3 is 4.74 Å². The second-order valence-corrected chi connectivity index (χ2v) is 3.55. The highest BCUT2D eigenvalue weighted by molar-refractivity contribution is 5.23. The number of aromatic nitrogens is 1. The van der Waals surface area contributed by atoms with E-state index in [4.69, 9.17) is 4.74 Å². The Bertz CT molecular complexity index is 471. The Hall–Kier alpha value is -1.90. The Morgan fingerprint density at radius 1 is 1.25 bits per heavy atom. The molecule has 0 unspecified atom stereocenters. The van der Waals surface area contributed by atoms with Crippen molar-refractivity contribution >= 4 is 0 Å². The summed E-state index contributed by atoms with van der Waals surface area (Å²) in [5.41, 5.74) is 1.44. The van der Waals surface area contributed by atoms with E-state index in [1.165, 1.54) is 6.07 Å². The molecular weight excluding hydrogens is 205 g/mol. The average Bonchev–Trinajstić information content (AvgIpc) is 2.29. The Morgan fingerprint density at radius 2 is 2.12 bits per heavy atom. The van der Waals surface area contributed by atoms with Crippen LogP contribution in [0.15, 0.2) is 42.6 Å². The van der Waals surface area contributed by atoms with Crippen molar-refractivity contribution in [1.29, 1.82) is 0 Å². The van der Waals surface area contributed by atoms with Crippen molar-refractivity contribution < 1.29 is 9.13 Å². The predicted octanol–water partition coefficient (Wildman–Crippen LogP) is 3.11. The fraction of sp³-hybridized carbons (Fsp3) is 0.154. The summed E-state index contributed by atoms with van der Waals surface area (Å²) >= 11 is 0. The lowest BCUT2D eigenvalue weighted by atomic mass is 10.1. The molecule has 2 nitrogen and oxygen atoms in total. The zero-order chi connectivity index (χ0) is 11.4. The molecule has 2 rings (SSSR count). The number of nitrogens with zero attached hydrogens (tertiary/aromatic N) is 1. The molecule has 0 bridgehead atoms. The van der Waals surface area contributed by atoms with Crippen molar-refractivity contribution in [2.75, 3.05) is 0 Å². The van der Waals surface area contributed by atoms with E-state index in [2.05, 4.69) is 4.98 Å². The van der Waals surface area contributed by atoms with Crippen LogP contribution in [0.4, 0.5) is 4.39 Å². The summed E-state index contributed by atoms with van der Waals surface area (Å²) in [4.78, 5) is 4.00. The Balaban J connectivity index is 2.05. The van der Waals surface area contributed by atoms with Crippen LogP contribution >= 0.6 is 0 Å². The maximum atomic E-state index is 13.5. The fourth-order valence-electron chi connectivity index (χ4n) is 1.35. The molecule has 1 aromatic heterocycles. The first-order chi connectivity index (χ1) is 7.75. The lowest BCUT2D eigenvalue weighted by Gasteiger charge is -2.06. The van der Waals surface area contributed by atoms with E-state index in [0.717, 1.165) is 5.56 Å². The zero-order valence-corrected chi connectivity index (χ0v) is 8.98. The zero-order valence-electron chi connectivity index (χ0n) is 8.98. The van der Waals surface area contributed by atoms with Crippen LogP contribution in [0.3, 0.4) is 0 Å². The van der Waals surface area contributed by atoms with Gasteiger partial charge in [-0.1, -0.05) is 18.2 Å². The first-order valence-electron chi connectivity index (χ1n) is 5.04. The van der Waals surface area contributed by atoms with Crippen molar-refractivity contribution in [3.63, 3.8) is 0 Å². The van der Waals surface area contributed by atoms with Gasteiger partial charge in [-0.25, -0.2) is 9.37 Å². The summed E-state index contributed by atoms with van der Waals surface area (Å²) in [6.45, 7) is 2.05. The van der Waals surface area contributed by atoms with Gasteiger partial charge >= 0.3 is 0 Å². The van der Waals surface area contributed by atoms with Crippen molar-refractivity contribution in [3.05, 3.63) is 59.5 Å². The van der Waals surface area contributed by atoms with Gasteiger partial charge in [0.05, 0.1) is 0 Å². The monoisotopic (exact) mass is 217 g/mol. The minimum absolute atomic E-state index is 0.198. The van der Waals surface area contributed by atoms with Gasteiger partial charge in [0.15, 0.2) is 0 Å².